The molecule has 1 N–H and O–H groups in total. The van der Waals surface area contributed by atoms with Gasteiger partial charge in [-0.25, -0.2) is 5.43 Å². The third kappa shape index (κ3) is 4.43. The van der Waals surface area contributed by atoms with Crippen LogP contribution in [-0.2, 0) is 4.79 Å². The first kappa shape index (κ1) is 15.8. The second-order valence-electron chi connectivity index (χ2n) is 5.80. The van der Waals surface area contributed by atoms with Crippen molar-refractivity contribution in [2.45, 2.75) is 6.42 Å². The Kier molecular flexibility index (Phi) is 5.09. The van der Waals surface area contributed by atoms with Crippen LogP contribution in [0.25, 0.3) is 0 Å². The highest BCUT2D eigenvalue weighted by atomic mass is 16.7. The normalized spacial score (nSPS) is 18.5. The fourth-order valence-corrected chi connectivity index (χ4v) is 2.56. The molecule has 3 rings (SSSR count). The van der Waals surface area contributed by atoms with Gasteiger partial charge in [0.2, 0.25) is 12.7 Å². The third-order valence-corrected chi connectivity index (χ3v) is 4.05. The maximum absolute atomic E-state index is 11.8. The summed E-state index contributed by atoms with van der Waals surface area (Å²) in [7, 11) is 2.12. The Morgan fingerprint density at radius 3 is 2.87 bits per heavy atom. The van der Waals surface area contributed by atoms with E-state index in [9.17, 15) is 4.79 Å². The largest absolute Gasteiger partial charge is 0.454 e. The minimum absolute atomic E-state index is 0.0686. The van der Waals surface area contributed by atoms with E-state index in [4.69, 9.17) is 9.47 Å². The van der Waals surface area contributed by atoms with Crippen molar-refractivity contribution in [1.82, 2.24) is 15.2 Å². The quantitative estimate of drug-likeness (QED) is 0.633. The molecule has 2 aliphatic rings. The predicted molar refractivity (Wildman–Crippen MR) is 86.9 cm³/mol. The highest BCUT2D eigenvalue weighted by Gasteiger charge is 2.14. The van der Waals surface area contributed by atoms with Crippen molar-refractivity contribution >= 4 is 12.1 Å². The van der Waals surface area contributed by atoms with Gasteiger partial charge in [0.25, 0.3) is 0 Å². The molecular weight excluding hydrogens is 296 g/mol. The van der Waals surface area contributed by atoms with E-state index in [2.05, 4.69) is 27.4 Å². The van der Waals surface area contributed by atoms with Gasteiger partial charge >= 0.3 is 0 Å². The summed E-state index contributed by atoms with van der Waals surface area (Å²) < 4.78 is 10.5. The molecule has 7 heteroatoms. The number of fused-ring (bicyclic) bond motifs is 1. The lowest BCUT2D eigenvalue weighted by atomic mass is 10.2. The number of rotatable bonds is 5. The fraction of sp³-hybridized carbons (Fsp3) is 0.500. The molecule has 1 fully saturated rings. The van der Waals surface area contributed by atoms with E-state index in [1.54, 1.807) is 6.21 Å². The number of hydrazone groups is 1. The zero-order chi connectivity index (χ0) is 16.1. The Balaban J connectivity index is 1.40. The molecule has 23 heavy (non-hydrogen) atoms. The van der Waals surface area contributed by atoms with Gasteiger partial charge in [-0.2, -0.15) is 5.10 Å². The topological polar surface area (TPSA) is 66.4 Å². The van der Waals surface area contributed by atoms with Crippen molar-refractivity contribution in [3.05, 3.63) is 23.8 Å². The van der Waals surface area contributed by atoms with Crippen molar-refractivity contribution in [2.24, 2.45) is 5.10 Å². The average molecular weight is 318 g/mol. The average Bonchev–Trinajstić information content (AvgIpc) is 3.02. The van der Waals surface area contributed by atoms with Crippen LogP contribution in [0, 0.1) is 0 Å². The van der Waals surface area contributed by atoms with Crippen molar-refractivity contribution < 1.29 is 14.3 Å². The smallest absolute Gasteiger partial charge is 0.241 e. The van der Waals surface area contributed by atoms with Crippen molar-refractivity contribution in [3.63, 3.8) is 0 Å². The second kappa shape index (κ2) is 7.43. The Hall–Kier alpha value is -2.12. The summed E-state index contributed by atoms with van der Waals surface area (Å²) in [5.41, 5.74) is 3.42. The fourth-order valence-electron chi connectivity index (χ4n) is 2.56. The summed E-state index contributed by atoms with van der Waals surface area (Å²) in [4.78, 5) is 16.4. The van der Waals surface area contributed by atoms with Crippen molar-refractivity contribution in [2.75, 3.05) is 46.6 Å². The molecule has 1 aromatic carbocycles. The van der Waals surface area contributed by atoms with Crippen LogP contribution in [0.4, 0.5) is 0 Å². The van der Waals surface area contributed by atoms with Crippen molar-refractivity contribution in [3.8, 4) is 11.5 Å². The summed E-state index contributed by atoms with van der Waals surface area (Å²) in [6.07, 6.45) is 2.07. The number of hydrogen-bond acceptors (Lipinski definition) is 6. The molecule has 0 saturated carbocycles. The molecular formula is C16H22N4O3. The summed E-state index contributed by atoms with van der Waals surface area (Å²) in [5.74, 6) is 1.37. The first-order chi connectivity index (χ1) is 11.2. The number of likely N-dealkylation sites (N-methyl/N-ethyl adjacent to an activating group) is 1. The Bertz CT molecular complexity index is 583. The zero-order valence-corrected chi connectivity index (χ0v) is 13.3. The SMILES string of the molecule is CN1CCN(CCC(=O)NN=Cc2ccc3c(c2)OCO3)CC1. The standard InChI is InChI=1S/C16H22N4O3/c1-19-6-8-20(9-7-19)5-4-16(21)18-17-11-13-2-3-14-15(10-13)23-12-22-14/h2-3,10-11H,4-9,12H2,1H3,(H,18,21). The van der Waals surface area contributed by atoms with Gasteiger partial charge in [-0.3, -0.25) is 4.79 Å². The Labute approximate surface area is 135 Å². The van der Waals surface area contributed by atoms with Gasteiger partial charge in [0, 0.05) is 39.1 Å². The van der Waals surface area contributed by atoms with Gasteiger partial charge < -0.3 is 19.3 Å². The lowest BCUT2D eigenvalue weighted by Crippen LogP contribution is -2.45. The van der Waals surface area contributed by atoms with E-state index in [0.29, 0.717) is 12.2 Å². The van der Waals surface area contributed by atoms with Crippen LogP contribution in [0.2, 0.25) is 0 Å². The first-order valence-electron chi connectivity index (χ1n) is 7.83. The van der Waals surface area contributed by atoms with Crippen LogP contribution in [0.15, 0.2) is 23.3 Å². The number of amides is 1. The number of hydrogen-bond donors (Lipinski definition) is 1. The van der Waals surface area contributed by atoms with E-state index >= 15 is 0 Å². The number of ether oxygens (including phenoxy) is 2. The molecule has 0 bridgehead atoms. The van der Waals surface area contributed by atoms with Gasteiger partial charge in [0.15, 0.2) is 11.5 Å². The molecule has 1 aromatic rings. The van der Waals surface area contributed by atoms with E-state index < -0.39 is 0 Å². The van der Waals surface area contributed by atoms with Gasteiger partial charge in [-0.15, -0.1) is 0 Å². The highest BCUT2D eigenvalue weighted by molar-refractivity contribution is 5.83. The van der Waals surface area contributed by atoms with Crippen LogP contribution in [-0.4, -0.2) is 68.5 Å². The highest BCUT2D eigenvalue weighted by Crippen LogP contribution is 2.31. The number of benzene rings is 1. The van der Waals surface area contributed by atoms with Crippen molar-refractivity contribution in [1.29, 1.82) is 0 Å². The molecule has 0 radical (unpaired) electrons. The van der Waals surface area contributed by atoms with E-state index in [1.807, 2.05) is 18.2 Å². The summed E-state index contributed by atoms with van der Waals surface area (Å²) in [6.45, 7) is 5.18. The Morgan fingerprint density at radius 1 is 1.26 bits per heavy atom. The van der Waals surface area contributed by atoms with Gasteiger partial charge in [0.05, 0.1) is 6.21 Å². The number of nitrogens with zero attached hydrogens (tertiary/aromatic N) is 3. The first-order valence-corrected chi connectivity index (χ1v) is 7.83. The molecule has 7 nitrogen and oxygen atoms in total. The van der Waals surface area contributed by atoms with Crippen LogP contribution in [0.3, 0.4) is 0 Å². The van der Waals surface area contributed by atoms with Crippen LogP contribution >= 0.6 is 0 Å². The summed E-state index contributed by atoms with van der Waals surface area (Å²) in [6, 6.07) is 5.54. The summed E-state index contributed by atoms with van der Waals surface area (Å²) in [5, 5.41) is 4.00. The molecule has 2 aliphatic heterocycles. The van der Waals surface area contributed by atoms with Gasteiger partial charge in [-0.1, -0.05) is 0 Å². The molecule has 0 unspecified atom stereocenters. The molecule has 1 amide bonds. The monoisotopic (exact) mass is 318 g/mol. The van der Waals surface area contributed by atoms with Crippen LogP contribution in [0.5, 0.6) is 11.5 Å². The molecule has 0 aromatic heterocycles. The second-order valence-corrected chi connectivity index (χ2v) is 5.80. The Morgan fingerprint density at radius 2 is 2.04 bits per heavy atom. The molecule has 2 heterocycles. The lowest BCUT2D eigenvalue weighted by Gasteiger charge is -2.32. The van der Waals surface area contributed by atoms with Gasteiger partial charge in [0.1, 0.15) is 0 Å². The molecule has 124 valence electrons. The van der Waals surface area contributed by atoms with Crippen LogP contribution < -0.4 is 14.9 Å². The van der Waals surface area contributed by atoms with Crippen LogP contribution in [0.1, 0.15) is 12.0 Å². The van der Waals surface area contributed by atoms with Gasteiger partial charge in [-0.05, 0) is 30.8 Å². The molecule has 0 aliphatic carbocycles. The third-order valence-electron chi connectivity index (χ3n) is 4.05. The molecule has 0 atom stereocenters. The lowest BCUT2D eigenvalue weighted by molar-refractivity contribution is -0.121. The van der Waals surface area contributed by atoms with E-state index in [1.165, 1.54) is 0 Å². The minimum Gasteiger partial charge on any atom is -0.454 e. The maximum Gasteiger partial charge on any atom is 0.241 e. The zero-order valence-electron chi connectivity index (χ0n) is 13.3. The summed E-state index contributed by atoms with van der Waals surface area (Å²) >= 11 is 0. The molecule has 1 saturated heterocycles. The maximum atomic E-state index is 11.8. The minimum atomic E-state index is -0.0686. The van der Waals surface area contributed by atoms with E-state index in [-0.39, 0.29) is 12.7 Å². The molecule has 0 spiro atoms. The number of carbonyl (C=O) groups is 1. The number of carbonyl (C=O) groups excluding carboxylic acids is 1. The number of nitrogens with one attached hydrogen (secondary N) is 1. The number of piperazine rings is 1. The predicted octanol–water partition coefficient (Wildman–Crippen LogP) is 0.503. The van der Waals surface area contributed by atoms with E-state index in [0.717, 1.165) is 44.0 Å².